The lowest BCUT2D eigenvalue weighted by Gasteiger charge is -2.12. The van der Waals surface area contributed by atoms with Crippen LogP contribution < -0.4 is 16.2 Å². The van der Waals surface area contributed by atoms with E-state index in [-0.39, 0.29) is 23.7 Å². The van der Waals surface area contributed by atoms with Crippen LogP contribution in [-0.4, -0.2) is 37.9 Å². The highest BCUT2D eigenvalue weighted by Crippen LogP contribution is 2.21. The van der Waals surface area contributed by atoms with E-state index in [1.54, 1.807) is 0 Å². The summed E-state index contributed by atoms with van der Waals surface area (Å²) in [5.74, 6) is 0. The van der Waals surface area contributed by atoms with E-state index in [1.807, 2.05) is 0 Å². The Morgan fingerprint density at radius 2 is 2.06 bits per heavy atom. The number of nitrogens with one attached hydrogen (secondary N) is 1. The first kappa shape index (κ1) is 13.7. The van der Waals surface area contributed by atoms with Crippen molar-refractivity contribution < 1.29 is 18.6 Å². The van der Waals surface area contributed by atoms with Crippen LogP contribution in [0.25, 0.3) is 0 Å². The lowest BCUT2D eigenvalue weighted by molar-refractivity contribution is 0.105. The average Bonchev–Trinajstić information content (AvgIpc) is 2.25. The molecule has 0 aromatic heterocycles. The van der Waals surface area contributed by atoms with Crippen molar-refractivity contribution in [1.29, 1.82) is 0 Å². The largest absolute Gasteiger partial charge is 0.397 e. The Balaban J connectivity index is 2.84. The summed E-state index contributed by atoms with van der Waals surface area (Å²) in [5, 5.41) is 25.5. The van der Waals surface area contributed by atoms with Gasteiger partial charge in [0.1, 0.15) is 0 Å². The van der Waals surface area contributed by atoms with Gasteiger partial charge in [-0.05, 0) is 18.2 Å². The van der Waals surface area contributed by atoms with Crippen molar-refractivity contribution >= 4 is 21.4 Å². The van der Waals surface area contributed by atoms with Gasteiger partial charge in [0.25, 0.3) is 0 Å². The summed E-state index contributed by atoms with van der Waals surface area (Å²) >= 11 is 0. The number of primary sulfonamides is 1. The Morgan fingerprint density at radius 3 is 2.53 bits per heavy atom. The maximum Gasteiger partial charge on any atom is 0.238 e. The fourth-order valence-electron chi connectivity index (χ4n) is 1.17. The second-order valence-electron chi connectivity index (χ2n) is 3.51. The van der Waals surface area contributed by atoms with E-state index in [0.29, 0.717) is 5.69 Å². The molecular formula is C9H15N3O4S. The average molecular weight is 261 g/mol. The number of hydrogen-bond donors (Lipinski definition) is 5. The minimum absolute atomic E-state index is 0.0803. The van der Waals surface area contributed by atoms with Gasteiger partial charge in [0, 0.05) is 6.54 Å². The van der Waals surface area contributed by atoms with E-state index in [1.165, 1.54) is 18.2 Å². The first-order valence-electron chi connectivity index (χ1n) is 4.79. The first-order valence-corrected chi connectivity index (χ1v) is 6.34. The van der Waals surface area contributed by atoms with Crippen molar-refractivity contribution in [3.63, 3.8) is 0 Å². The van der Waals surface area contributed by atoms with Crippen LogP contribution in [0.5, 0.6) is 0 Å². The third-order valence-electron chi connectivity index (χ3n) is 2.09. The molecular weight excluding hydrogens is 246 g/mol. The SMILES string of the molecule is Nc1cc(S(N)(=O)=O)ccc1NCC(O)CO. The molecule has 0 radical (unpaired) electrons. The predicted octanol–water partition coefficient (Wildman–Crippen LogP) is -1.32. The quantitative estimate of drug-likeness (QED) is 0.417. The maximum absolute atomic E-state index is 11.0. The zero-order valence-electron chi connectivity index (χ0n) is 9.00. The molecule has 96 valence electrons. The number of aliphatic hydroxyl groups is 2. The zero-order chi connectivity index (χ0) is 13.1. The molecule has 1 aromatic rings. The molecule has 0 saturated carbocycles. The van der Waals surface area contributed by atoms with E-state index in [4.69, 9.17) is 21.1 Å². The molecule has 0 aliphatic carbocycles. The van der Waals surface area contributed by atoms with Gasteiger partial charge in [0.2, 0.25) is 10.0 Å². The van der Waals surface area contributed by atoms with Gasteiger partial charge >= 0.3 is 0 Å². The van der Waals surface area contributed by atoms with Crippen LogP contribution in [0.3, 0.4) is 0 Å². The van der Waals surface area contributed by atoms with Crippen molar-refractivity contribution in [3.05, 3.63) is 18.2 Å². The van der Waals surface area contributed by atoms with Crippen LogP contribution in [0.1, 0.15) is 0 Å². The molecule has 7 N–H and O–H groups in total. The molecule has 1 unspecified atom stereocenters. The topological polar surface area (TPSA) is 139 Å². The number of anilines is 2. The minimum atomic E-state index is -3.78. The van der Waals surface area contributed by atoms with E-state index in [0.717, 1.165) is 0 Å². The molecule has 7 nitrogen and oxygen atoms in total. The highest BCUT2D eigenvalue weighted by Gasteiger charge is 2.10. The summed E-state index contributed by atoms with van der Waals surface area (Å²) in [5.41, 5.74) is 6.28. The number of benzene rings is 1. The number of rotatable bonds is 5. The lowest BCUT2D eigenvalue weighted by Crippen LogP contribution is -2.23. The molecule has 1 aromatic carbocycles. The van der Waals surface area contributed by atoms with Gasteiger partial charge in [0.15, 0.2) is 0 Å². The van der Waals surface area contributed by atoms with Crippen molar-refractivity contribution in [2.24, 2.45) is 5.14 Å². The van der Waals surface area contributed by atoms with Crippen molar-refractivity contribution in [2.75, 3.05) is 24.2 Å². The third-order valence-corrected chi connectivity index (χ3v) is 3.00. The van der Waals surface area contributed by atoms with Gasteiger partial charge < -0.3 is 21.3 Å². The van der Waals surface area contributed by atoms with Crippen molar-refractivity contribution in [1.82, 2.24) is 0 Å². The molecule has 8 heteroatoms. The summed E-state index contributed by atoms with van der Waals surface area (Å²) in [6.07, 6.45) is -0.910. The van der Waals surface area contributed by atoms with Crippen molar-refractivity contribution in [2.45, 2.75) is 11.0 Å². The van der Waals surface area contributed by atoms with Gasteiger partial charge in [-0.3, -0.25) is 0 Å². The summed E-state index contributed by atoms with van der Waals surface area (Å²) in [4.78, 5) is -0.0803. The second kappa shape index (κ2) is 5.32. The molecule has 0 aliphatic rings. The van der Waals surface area contributed by atoms with Crippen LogP contribution >= 0.6 is 0 Å². The molecule has 0 aliphatic heterocycles. The fourth-order valence-corrected chi connectivity index (χ4v) is 1.72. The molecule has 1 atom stereocenters. The van der Waals surface area contributed by atoms with Gasteiger partial charge in [-0.1, -0.05) is 0 Å². The van der Waals surface area contributed by atoms with Crippen LogP contribution in [0, 0.1) is 0 Å². The molecule has 0 amide bonds. The van der Waals surface area contributed by atoms with Crippen molar-refractivity contribution in [3.8, 4) is 0 Å². The summed E-state index contributed by atoms with van der Waals surface area (Å²) in [6, 6.07) is 3.97. The van der Waals surface area contributed by atoms with E-state index < -0.39 is 16.1 Å². The Bertz CT molecular complexity index is 489. The van der Waals surface area contributed by atoms with Gasteiger partial charge in [-0.2, -0.15) is 0 Å². The fraction of sp³-hybridized carbons (Fsp3) is 0.333. The zero-order valence-corrected chi connectivity index (χ0v) is 9.81. The summed E-state index contributed by atoms with van der Waals surface area (Å²) < 4.78 is 22.1. The molecule has 0 heterocycles. The number of aliphatic hydroxyl groups excluding tert-OH is 2. The molecule has 0 spiro atoms. The molecule has 0 saturated heterocycles. The smallest absolute Gasteiger partial charge is 0.238 e. The highest BCUT2D eigenvalue weighted by atomic mass is 32.2. The normalized spacial score (nSPS) is 13.4. The second-order valence-corrected chi connectivity index (χ2v) is 5.07. The minimum Gasteiger partial charge on any atom is -0.397 e. The Labute approximate surface area is 99.1 Å². The van der Waals surface area contributed by atoms with Crippen LogP contribution in [0.15, 0.2) is 23.1 Å². The Kier molecular flexibility index (Phi) is 4.29. The van der Waals surface area contributed by atoms with Gasteiger partial charge in [-0.25, -0.2) is 13.6 Å². The maximum atomic E-state index is 11.0. The molecule has 17 heavy (non-hydrogen) atoms. The Hall–Kier alpha value is -1.35. The number of sulfonamides is 1. The predicted molar refractivity (Wildman–Crippen MR) is 63.8 cm³/mol. The summed E-state index contributed by atoms with van der Waals surface area (Å²) in [6.45, 7) is -0.266. The van der Waals surface area contributed by atoms with E-state index >= 15 is 0 Å². The van der Waals surface area contributed by atoms with Crippen LogP contribution in [-0.2, 0) is 10.0 Å². The molecule has 1 rings (SSSR count). The van der Waals surface area contributed by atoms with Gasteiger partial charge in [0.05, 0.1) is 29.0 Å². The molecule has 0 fully saturated rings. The first-order chi connectivity index (χ1) is 7.84. The number of nitrogen functional groups attached to an aromatic ring is 1. The lowest BCUT2D eigenvalue weighted by atomic mass is 10.2. The highest BCUT2D eigenvalue weighted by molar-refractivity contribution is 7.89. The molecule has 0 bridgehead atoms. The monoisotopic (exact) mass is 261 g/mol. The third kappa shape index (κ3) is 3.86. The van der Waals surface area contributed by atoms with Crippen LogP contribution in [0.2, 0.25) is 0 Å². The van der Waals surface area contributed by atoms with Gasteiger partial charge in [-0.15, -0.1) is 0 Å². The Morgan fingerprint density at radius 1 is 1.41 bits per heavy atom. The summed E-state index contributed by atoms with van der Waals surface area (Å²) in [7, 11) is -3.78. The van der Waals surface area contributed by atoms with Crippen LogP contribution in [0.4, 0.5) is 11.4 Å². The number of hydrogen-bond acceptors (Lipinski definition) is 6. The standard InChI is InChI=1S/C9H15N3O4S/c10-8-3-7(17(11,15)16)1-2-9(8)12-4-6(14)5-13/h1-3,6,12-14H,4-5,10H2,(H2,11,15,16). The number of nitrogens with two attached hydrogens (primary N) is 2. The van der Waals surface area contributed by atoms with E-state index in [2.05, 4.69) is 5.32 Å². The van der Waals surface area contributed by atoms with E-state index in [9.17, 15) is 8.42 Å².